The van der Waals surface area contributed by atoms with E-state index in [1.54, 1.807) is 19.9 Å². The molecule has 0 unspecified atom stereocenters. The monoisotopic (exact) mass is 496 g/mol. The fraction of sp³-hybridized carbons (Fsp3) is 0.391. The molecule has 2 aromatic carbocycles. The van der Waals surface area contributed by atoms with Gasteiger partial charge < -0.3 is 9.88 Å². The number of benzene rings is 2. The molecule has 3 rings (SSSR count). The van der Waals surface area contributed by atoms with Gasteiger partial charge in [0.25, 0.3) is 0 Å². The van der Waals surface area contributed by atoms with Crippen molar-refractivity contribution in [3.8, 4) is 0 Å². The van der Waals surface area contributed by atoms with Crippen LogP contribution in [0.1, 0.15) is 37.2 Å². The van der Waals surface area contributed by atoms with Crippen LogP contribution in [0.15, 0.2) is 41.3 Å². The van der Waals surface area contributed by atoms with Crippen LogP contribution < -0.4 is 5.32 Å². The summed E-state index contributed by atoms with van der Waals surface area (Å²) in [6.45, 7) is 7.30. The second-order valence-corrected chi connectivity index (χ2v) is 9.88. The molecule has 0 spiro atoms. The number of carbonyl (C=O) groups is 1. The van der Waals surface area contributed by atoms with E-state index < -0.39 is 27.9 Å². The lowest BCUT2D eigenvalue weighted by atomic mass is 10.1. The zero-order valence-corrected chi connectivity index (χ0v) is 20.2. The van der Waals surface area contributed by atoms with Gasteiger partial charge in [-0.2, -0.15) is 17.5 Å². The lowest BCUT2D eigenvalue weighted by Crippen LogP contribution is -2.30. The van der Waals surface area contributed by atoms with Crippen LogP contribution in [0, 0.1) is 13.8 Å². The van der Waals surface area contributed by atoms with Gasteiger partial charge in [-0.3, -0.25) is 4.79 Å². The Hall–Kier alpha value is -2.92. The highest BCUT2D eigenvalue weighted by Crippen LogP contribution is 2.33. The number of halogens is 3. The molecule has 7 nitrogen and oxygen atoms in total. The number of sulfonamides is 1. The van der Waals surface area contributed by atoms with Crippen molar-refractivity contribution in [2.24, 2.45) is 0 Å². The lowest BCUT2D eigenvalue weighted by molar-refractivity contribution is -0.147. The Morgan fingerprint density at radius 2 is 1.76 bits per heavy atom. The molecule has 0 fully saturated rings. The summed E-state index contributed by atoms with van der Waals surface area (Å²) in [4.78, 5) is 16.0. The SMILES string of the molecule is CCN(CC)S(=O)(=O)c1ccc2c(c1)nc(C(F)(F)F)n2CCC(=O)Nc1ccc(C)cc1C. The van der Waals surface area contributed by atoms with E-state index >= 15 is 0 Å². The minimum atomic E-state index is -4.78. The van der Waals surface area contributed by atoms with Gasteiger partial charge in [0, 0.05) is 31.7 Å². The zero-order chi connectivity index (χ0) is 25.3. The molecule has 0 radical (unpaired) electrons. The molecule has 1 amide bonds. The van der Waals surface area contributed by atoms with Gasteiger partial charge in [-0.1, -0.05) is 31.5 Å². The van der Waals surface area contributed by atoms with Crippen LogP contribution in [-0.2, 0) is 27.5 Å². The number of hydrogen-bond donors (Lipinski definition) is 1. The molecule has 11 heteroatoms. The fourth-order valence-electron chi connectivity index (χ4n) is 3.81. The minimum Gasteiger partial charge on any atom is -0.326 e. The highest BCUT2D eigenvalue weighted by molar-refractivity contribution is 7.89. The van der Waals surface area contributed by atoms with Crippen molar-refractivity contribution in [1.29, 1.82) is 0 Å². The Morgan fingerprint density at radius 1 is 1.09 bits per heavy atom. The second kappa shape index (κ2) is 9.75. The molecule has 1 N–H and O–H groups in total. The maximum atomic E-state index is 13.7. The number of rotatable bonds is 8. The van der Waals surface area contributed by atoms with E-state index in [2.05, 4.69) is 10.3 Å². The third-order valence-electron chi connectivity index (χ3n) is 5.53. The number of amides is 1. The van der Waals surface area contributed by atoms with E-state index in [1.165, 1.54) is 16.4 Å². The van der Waals surface area contributed by atoms with E-state index in [9.17, 15) is 26.4 Å². The van der Waals surface area contributed by atoms with Crippen LogP contribution in [0.5, 0.6) is 0 Å². The van der Waals surface area contributed by atoms with Crippen molar-refractivity contribution in [2.75, 3.05) is 18.4 Å². The van der Waals surface area contributed by atoms with Crippen molar-refractivity contribution in [3.63, 3.8) is 0 Å². The summed E-state index contributed by atoms with van der Waals surface area (Å²) >= 11 is 0. The van der Waals surface area contributed by atoms with Crippen molar-refractivity contribution in [3.05, 3.63) is 53.3 Å². The highest BCUT2D eigenvalue weighted by Gasteiger charge is 2.38. The van der Waals surface area contributed by atoms with Gasteiger partial charge >= 0.3 is 6.18 Å². The van der Waals surface area contributed by atoms with Gasteiger partial charge in [0.2, 0.25) is 21.8 Å². The number of nitrogens with zero attached hydrogens (tertiary/aromatic N) is 3. The fourth-order valence-corrected chi connectivity index (χ4v) is 5.28. The largest absolute Gasteiger partial charge is 0.449 e. The first-order valence-electron chi connectivity index (χ1n) is 10.8. The molecule has 0 saturated carbocycles. The molecule has 34 heavy (non-hydrogen) atoms. The van der Waals surface area contributed by atoms with Crippen LogP contribution in [0.25, 0.3) is 11.0 Å². The van der Waals surface area contributed by atoms with Crippen molar-refractivity contribution in [2.45, 2.75) is 51.7 Å². The maximum absolute atomic E-state index is 13.7. The zero-order valence-electron chi connectivity index (χ0n) is 19.4. The third kappa shape index (κ3) is 5.25. The normalized spacial score (nSPS) is 12.5. The van der Waals surface area contributed by atoms with Crippen molar-refractivity contribution < 1.29 is 26.4 Å². The van der Waals surface area contributed by atoms with Crippen molar-refractivity contribution in [1.82, 2.24) is 13.9 Å². The number of hydrogen-bond acceptors (Lipinski definition) is 4. The first-order valence-corrected chi connectivity index (χ1v) is 12.3. The topological polar surface area (TPSA) is 84.3 Å². The standard InChI is InChI=1S/C23H27F3N4O3S/c1-5-29(6-2)34(32,33)17-8-10-20-19(14-17)28-22(23(24,25)26)30(20)12-11-21(31)27-18-9-7-15(3)13-16(18)4/h7-10,13-14H,5-6,11-12H2,1-4H3,(H,27,31). The molecule has 0 aliphatic carbocycles. The Balaban J connectivity index is 1.92. The van der Waals surface area contributed by atoms with Crippen LogP contribution in [-0.4, -0.2) is 41.3 Å². The van der Waals surface area contributed by atoms with Gasteiger partial charge in [0.05, 0.1) is 15.9 Å². The van der Waals surface area contributed by atoms with E-state index in [0.717, 1.165) is 21.8 Å². The van der Waals surface area contributed by atoms with E-state index in [1.807, 2.05) is 26.0 Å². The molecule has 0 saturated heterocycles. The number of fused-ring (bicyclic) bond motifs is 1. The van der Waals surface area contributed by atoms with Crippen LogP contribution in [0.3, 0.4) is 0 Å². The predicted molar refractivity (Wildman–Crippen MR) is 124 cm³/mol. The molecule has 3 aromatic rings. The lowest BCUT2D eigenvalue weighted by Gasteiger charge is -2.18. The summed E-state index contributed by atoms with van der Waals surface area (Å²) in [5, 5.41) is 2.72. The number of anilines is 1. The average Bonchev–Trinajstić information content (AvgIpc) is 3.13. The Labute approximate surface area is 196 Å². The predicted octanol–water partition coefficient (Wildman–Crippen LogP) is 4.73. The Morgan fingerprint density at radius 3 is 2.35 bits per heavy atom. The van der Waals surface area contributed by atoms with E-state index in [4.69, 9.17) is 0 Å². The quantitative estimate of drug-likeness (QED) is 0.489. The second-order valence-electron chi connectivity index (χ2n) is 7.94. The Bertz CT molecular complexity index is 1310. The summed E-state index contributed by atoms with van der Waals surface area (Å²) in [6.07, 6.45) is -5.00. The number of alkyl halides is 3. The number of nitrogens with one attached hydrogen (secondary N) is 1. The third-order valence-corrected chi connectivity index (χ3v) is 7.58. The average molecular weight is 497 g/mol. The molecule has 0 bridgehead atoms. The van der Waals surface area contributed by atoms with E-state index in [-0.39, 0.29) is 42.0 Å². The summed E-state index contributed by atoms with van der Waals surface area (Å²) < 4.78 is 68.8. The smallest absolute Gasteiger partial charge is 0.326 e. The molecule has 1 aromatic heterocycles. The van der Waals surface area contributed by atoms with Crippen LogP contribution >= 0.6 is 0 Å². The molecular weight excluding hydrogens is 469 g/mol. The van der Waals surface area contributed by atoms with Gasteiger partial charge in [-0.25, -0.2) is 13.4 Å². The molecule has 0 aliphatic heterocycles. The summed E-state index contributed by atoms with van der Waals surface area (Å²) in [7, 11) is -3.86. The highest BCUT2D eigenvalue weighted by atomic mass is 32.2. The van der Waals surface area contributed by atoms with Gasteiger partial charge in [0.15, 0.2) is 0 Å². The molecule has 1 heterocycles. The molecule has 0 aliphatic rings. The summed E-state index contributed by atoms with van der Waals surface area (Å²) in [6, 6.07) is 9.18. The number of imidazole rings is 1. The summed E-state index contributed by atoms with van der Waals surface area (Å²) in [5.41, 5.74) is 2.46. The molecular formula is C23H27F3N4O3S. The van der Waals surface area contributed by atoms with Gasteiger partial charge in [-0.05, 0) is 43.7 Å². The minimum absolute atomic E-state index is 0.102. The van der Waals surface area contributed by atoms with E-state index in [0.29, 0.717) is 5.69 Å². The maximum Gasteiger partial charge on any atom is 0.449 e. The first-order chi connectivity index (χ1) is 15.9. The van der Waals surface area contributed by atoms with Crippen LogP contribution in [0.4, 0.5) is 18.9 Å². The number of aromatic nitrogens is 2. The molecule has 0 atom stereocenters. The number of carbonyl (C=O) groups excluding carboxylic acids is 1. The van der Waals surface area contributed by atoms with Gasteiger partial charge in [0.1, 0.15) is 0 Å². The first kappa shape index (κ1) is 25.7. The Kier molecular flexibility index (Phi) is 7.37. The number of aryl methyl sites for hydroxylation is 3. The summed E-state index contributed by atoms with van der Waals surface area (Å²) in [5.74, 6) is -1.62. The van der Waals surface area contributed by atoms with Crippen LogP contribution in [0.2, 0.25) is 0 Å². The van der Waals surface area contributed by atoms with Gasteiger partial charge in [-0.15, -0.1) is 0 Å². The van der Waals surface area contributed by atoms with Crippen molar-refractivity contribution >= 4 is 32.7 Å². The molecule has 184 valence electrons.